The second kappa shape index (κ2) is 10.8. The Bertz CT molecular complexity index is 819. The first-order chi connectivity index (χ1) is 13.9. The molecule has 1 atom stereocenters. The first kappa shape index (κ1) is 22.6. The maximum atomic E-state index is 12.4. The molecule has 7 nitrogen and oxygen atoms in total. The molecule has 29 heavy (non-hydrogen) atoms. The average Bonchev–Trinajstić information content (AvgIpc) is 2.71. The third kappa shape index (κ3) is 6.17. The topological polar surface area (TPSA) is 70.5 Å². The van der Waals surface area contributed by atoms with Crippen molar-refractivity contribution in [2.24, 2.45) is 0 Å². The SMILES string of the molecule is COc1ccc(Cl)cc1C[NH+](C)CC(=O)NCc1cc(OC)c(OC)c(OC)c1. The summed E-state index contributed by atoms with van der Waals surface area (Å²) < 4.78 is 21.4. The molecule has 1 amide bonds. The van der Waals surface area contributed by atoms with E-state index in [4.69, 9.17) is 30.5 Å². The molecule has 0 saturated heterocycles. The van der Waals surface area contributed by atoms with E-state index in [1.807, 2.05) is 31.3 Å². The van der Waals surface area contributed by atoms with E-state index >= 15 is 0 Å². The number of nitrogens with one attached hydrogen (secondary N) is 2. The second-order valence-electron chi connectivity index (χ2n) is 6.58. The first-order valence-corrected chi connectivity index (χ1v) is 9.48. The Labute approximate surface area is 176 Å². The minimum atomic E-state index is -0.0720. The highest BCUT2D eigenvalue weighted by Gasteiger charge is 2.16. The number of likely N-dealkylation sites (N-methyl/N-ethyl adjacent to an activating group) is 1. The van der Waals surface area contributed by atoms with Crippen molar-refractivity contribution in [2.75, 3.05) is 42.0 Å². The summed E-state index contributed by atoms with van der Waals surface area (Å²) in [5, 5.41) is 3.57. The molecule has 0 fully saturated rings. The normalized spacial score (nSPS) is 11.5. The van der Waals surface area contributed by atoms with Crippen molar-refractivity contribution in [2.45, 2.75) is 13.1 Å². The summed E-state index contributed by atoms with van der Waals surface area (Å²) in [6.45, 7) is 1.27. The number of amides is 1. The lowest BCUT2D eigenvalue weighted by molar-refractivity contribution is -0.885. The van der Waals surface area contributed by atoms with Crippen LogP contribution in [0.2, 0.25) is 5.02 Å². The lowest BCUT2D eigenvalue weighted by Gasteiger charge is -2.17. The number of hydrogen-bond donors (Lipinski definition) is 2. The number of halogens is 1. The number of hydrogen-bond acceptors (Lipinski definition) is 5. The van der Waals surface area contributed by atoms with Gasteiger partial charge in [-0.1, -0.05) is 11.6 Å². The first-order valence-electron chi connectivity index (χ1n) is 9.11. The lowest BCUT2D eigenvalue weighted by Crippen LogP contribution is -3.08. The van der Waals surface area contributed by atoms with E-state index in [0.717, 1.165) is 21.8 Å². The van der Waals surface area contributed by atoms with Gasteiger partial charge < -0.3 is 29.2 Å². The molecule has 1 unspecified atom stereocenters. The number of rotatable bonds is 10. The van der Waals surface area contributed by atoms with Gasteiger partial charge in [-0.2, -0.15) is 0 Å². The van der Waals surface area contributed by atoms with Crippen LogP contribution in [-0.2, 0) is 17.9 Å². The number of benzene rings is 2. The summed E-state index contributed by atoms with van der Waals surface area (Å²) in [4.78, 5) is 13.4. The van der Waals surface area contributed by atoms with Gasteiger partial charge >= 0.3 is 0 Å². The van der Waals surface area contributed by atoms with Crippen molar-refractivity contribution in [3.8, 4) is 23.0 Å². The molecule has 0 saturated carbocycles. The fourth-order valence-electron chi connectivity index (χ4n) is 3.05. The molecule has 0 aliphatic rings. The van der Waals surface area contributed by atoms with Crippen LogP contribution < -0.4 is 29.2 Å². The molecule has 0 heterocycles. The zero-order valence-electron chi connectivity index (χ0n) is 17.4. The van der Waals surface area contributed by atoms with Gasteiger partial charge in [0, 0.05) is 17.1 Å². The number of carbonyl (C=O) groups excluding carboxylic acids is 1. The summed E-state index contributed by atoms with van der Waals surface area (Å²) in [5.41, 5.74) is 1.80. The van der Waals surface area contributed by atoms with E-state index in [1.54, 1.807) is 34.5 Å². The summed E-state index contributed by atoms with van der Waals surface area (Å²) in [5.74, 6) is 2.30. The van der Waals surface area contributed by atoms with Crippen LogP contribution in [0.3, 0.4) is 0 Å². The molecule has 158 valence electrons. The van der Waals surface area contributed by atoms with Gasteiger partial charge in [-0.05, 0) is 35.9 Å². The maximum absolute atomic E-state index is 12.4. The Morgan fingerprint density at radius 2 is 1.59 bits per heavy atom. The van der Waals surface area contributed by atoms with Crippen LogP contribution in [-0.4, -0.2) is 47.9 Å². The van der Waals surface area contributed by atoms with Crippen LogP contribution in [0.4, 0.5) is 0 Å². The van der Waals surface area contributed by atoms with Crippen LogP contribution in [0, 0.1) is 0 Å². The molecular weight excluding hydrogens is 396 g/mol. The molecule has 0 bridgehead atoms. The number of methoxy groups -OCH3 is 4. The highest BCUT2D eigenvalue weighted by Crippen LogP contribution is 2.38. The quantitative estimate of drug-likeness (QED) is 0.608. The summed E-state index contributed by atoms with van der Waals surface area (Å²) >= 11 is 6.08. The minimum absolute atomic E-state index is 0.0720. The van der Waals surface area contributed by atoms with E-state index in [9.17, 15) is 4.79 Å². The van der Waals surface area contributed by atoms with Gasteiger partial charge in [-0.3, -0.25) is 4.79 Å². The smallest absolute Gasteiger partial charge is 0.275 e. The van der Waals surface area contributed by atoms with Gasteiger partial charge in [0.2, 0.25) is 5.75 Å². The van der Waals surface area contributed by atoms with Crippen molar-refractivity contribution >= 4 is 17.5 Å². The second-order valence-corrected chi connectivity index (χ2v) is 7.01. The Balaban J connectivity index is 1.97. The van der Waals surface area contributed by atoms with E-state index < -0.39 is 0 Å². The highest BCUT2D eigenvalue weighted by molar-refractivity contribution is 6.30. The molecule has 2 N–H and O–H groups in total. The van der Waals surface area contributed by atoms with Crippen LogP contribution in [0.1, 0.15) is 11.1 Å². The number of ether oxygens (including phenoxy) is 4. The Morgan fingerprint density at radius 3 is 2.14 bits per heavy atom. The van der Waals surface area contributed by atoms with Crippen molar-refractivity contribution in [3.05, 3.63) is 46.5 Å². The molecule has 2 aromatic carbocycles. The molecule has 0 spiro atoms. The summed E-state index contributed by atoms with van der Waals surface area (Å²) in [6.07, 6.45) is 0. The number of carbonyl (C=O) groups is 1. The fraction of sp³-hybridized carbons (Fsp3) is 0.381. The van der Waals surface area contributed by atoms with Gasteiger partial charge in [0.05, 0.1) is 35.5 Å². The summed E-state index contributed by atoms with van der Waals surface area (Å²) in [7, 11) is 8.23. The molecule has 2 rings (SSSR count). The van der Waals surface area contributed by atoms with Crippen molar-refractivity contribution in [3.63, 3.8) is 0 Å². The molecule has 0 radical (unpaired) electrons. The van der Waals surface area contributed by atoms with E-state index in [-0.39, 0.29) is 5.91 Å². The maximum Gasteiger partial charge on any atom is 0.275 e. The Kier molecular flexibility index (Phi) is 8.42. The lowest BCUT2D eigenvalue weighted by atomic mass is 10.1. The molecule has 0 aromatic heterocycles. The van der Waals surface area contributed by atoms with Crippen molar-refractivity contribution in [1.29, 1.82) is 0 Å². The Hall–Kier alpha value is -2.64. The van der Waals surface area contributed by atoms with Crippen LogP contribution in [0.25, 0.3) is 0 Å². The monoisotopic (exact) mass is 423 g/mol. The van der Waals surface area contributed by atoms with Gasteiger partial charge in [0.15, 0.2) is 18.0 Å². The van der Waals surface area contributed by atoms with Gasteiger partial charge in [-0.15, -0.1) is 0 Å². The van der Waals surface area contributed by atoms with E-state index in [2.05, 4.69) is 5.32 Å². The summed E-state index contributed by atoms with van der Waals surface area (Å²) in [6, 6.07) is 9.10. The van der Waals surface area contributed by atoms with E-state index in [1.165, 1.54) is 0 Å². The van der Waals surface area contributed by atoms with Gasteiger partial charge in [-0.25, -0.2) is 0 Å². The third-order valence-corrected chi connectivity index (χ3v) is 4.65. The number of quaternary nitrogens is 1. The van der Waals surface area contributed by atoms with Crippen LogP contribution in [0.5, 0.6) is 23.0 Å². The molecule has 8 heteroatoms. The van der Waals surface area contributed by atoms with Gasteiger partial charge in [0.1, 0.15) is 12.3 Å². The average molecular weight is 424 g/mol. The third-order valence-electron chi connectivity index (χ3n) is 4.41. The van der Waals surface area contributed by atoms with E-state index in [0.29, 0.717) is 41.9 Å². The predicted octanol–water partition coefficient (Wildman–Crippen LogP) is 1.71. The van der Waals surface area contributed by atoms with Crippen LogP contribution in [0.15, 0.2) is 30.3 Å². The molecule has 0 aliphatic carbocycles. The largest absolute Gasteiger partial charge is 0.496 e. The highest BCUT2D eigenvalue weighted by atomic mass is 35.5. The predicted molar refractivity (Wildman–Crippen MR) is 111 cm³/mol. The zero-order chi connectivity index (χ0) is 21.4. The molecular formula is C21H28ClN2O5+. The fourth-order valence-corrected chi connectivity index (χ4v) is 3.24. The standard InChI is InChI=1S/C21H27ClN2O5/c1-24(12-15-10-16(22)6-7-17(15)26-2)13-20(25)23-11-14-8-18(27-3)21(29-5)19(9-14)28-4/h6-10H,11-13H2,1-5H3,(H,23,25)/p+1. The molecule has 0 aliphatic heterocycles. The molecule has 2 aromatic rings. The van der Waals surface area contributed by atoms with Gasteiger partial charge in [0.25, 0.3) is 5.91 Å². The van der Waals surface area contributed by atoms with Crippen LogP contribution >= 0.6 is 11.6 Å². The Morgan fingerprint density at radius 1 is 0.966 bits per heavy atom. The zero-order valence-corrected chi connectivity index (χ0v) is 18.2. The minimum Gasteiger partial charge on any atom is -0.496 e. The van der Waals surface area contributed by atoms with Crippen molar-refractivity contribution in [1.82, 2.24) is 5.32 Å². The van der Waals surface area contributed by atoms with Crippen molar-refractivity contribution < 1.29 is 28.6 Å².